The molecule has 6 heteroatoms. The molecule has 5 nitrogen and oxygen atoms in total. The van der Waals surface area contributed by atoms with Crippen molar-refractivity contribution in [2.24, 2.45) is 7.05 Å². The van der Waals surface area contributed by atoms with Crippen molar-refractivity contribution in [2.75, 3.05) is 16.9 Å². The summed E-state index contributed by atoms with van der Waals surface area (Å²) in [7, 11) is 1.83. The SMILES string of the molecule is Cc1ccc(NC(=O)[C@@H]2CSCN2C(=O)c2cccn2C)c(C)c1. The molecule has 126 valence electrons. The Morgan fingerprint density at radius 3 is 2.71 bits per heavy atom. The van der Waals surface area contributed by atoms with E-state index in [-0.39, 0.29) is 11.8 Å². The number of amides is 2. The monoisotopic (exact) mass is 343 g/mol. The lowest BCUT2D eigenvalue weighted by Crippen LogP contribution is -2.45. The van der Waals surface area contributed by atoms with E-state index >= 15 is 0 Å². The molecule has 1 aromatic carbocycles. The van der Waals surface area contributed by atoms with E-state index in [4.69, 9.17) is 0 Å². The predicted octanol–water partition coefficient (Wildman–Crippen LogP) is 2.80. The van der Waals surface area contributed by atoms with Gasteiger partial charge in [0.05, 0.1) is 5.88 Å². The molecule has 0 spiro atoms. The second kappa shape index (κ2) is 6.73. The summed E-state index contributed by atoms with van der Waals surface area (Å²) in [5.41, 5.74) is 3.58. The topological polar surface area (TPSA) is 54.3 Å². The van der Waals surface area contributed by atoms with Crippen LogP contribution in [0.25, 0.3) is 0 Å². The van der Waals surface area contributed by atoms with Gasteiger partial charge in [-0.25, -0.2) is 0 Å². The van der Waals surface area contributed by atoms with Crippen LogP contribution in [0, 0.1) is 13.8 Å². The van der Waals surface area contributed by atoms with Gasteiger partial charge in [0.15, 0.2) is 0 Å². The summed E-state index contributed by atoms with van der Waals surface area (Å²) in [5, 5.41) is 2.97. The Kier molecular flexibility index (Phi) is 4.66. The normalized spacial score (nSPS) is 17.1. The van der Waals surface area contributed by atoms with E-state index in [0.717, 1.165) is 16.8 Å². The molecule has 2 amide bonds. The number of aromatic nitrogens is 1. The average Bonchev–Trinajstić information content (AvgIpc) is 3.18. The maximum absolute atomic E-state index is 12.7. The summed E-state index contributed by atoms with van der Waals surface area (Å²) in [6, 6.07) is 9.09. The van der Waals surface area contributed by atoms with Gasteiger partial charge in [0.1, 0.15) is 11.7 Å². The van der Waals surface area contributed by atoms with Crippen molar-refractivity contribution in [3.63, 3.8) is 0 Å². The van der Waals surface area contributed by atoms with E-state index in [1.807, 2.05) is 51.4 Å². The van der Waals surface area contributed by atoms with Crippen molar-refractivity contribution in [3.8, 4) is 0 Å². The summed E-state index contributed by atoms with van der Waals surface area (Å²) >= 11 is 1.60. The van der Waals surface area contributed by atoms with Crippen LogP contribution < -0.4 is 5.32 Å². The van der Waals surface area contributed by atoms with Gasteiger partial charge in [-0.1, -0.05) is 17.7 Å². The Hall–Kier alpha value is -2.21. The molecule has 1 fully saturated rings. The van der Waals surface area contributed by atoms with E-state index in [0.29, 0.717) is 17.3 Å². The van der Waals surface area contributed by atoms with Gasteiger partial charge < -0.3 is 14.8 Å². The van der Waals surface area contributed by atoms with Crippen molar-refractivity contribution in [3.05, 3.63) is 53.3 Å². The highest BCUT2D eigenvalue weighted by molar-refractivity contribution is 7.99. The number of nitrogens with zero attached hydrogens (tertiary/aromatic N) is 2. The van der Waals surface area contributed by atoms with Gasteiger partial charge in [-0.3, -0.25) is 9.59 Å². The fraction of sp³-hybridized carbons (Fsp3) is 0.333. The van der Waals surface area contributed by atoms with E-state index in [2.05, 4.69) is 5.32 Å². The van der Waals surface area contributed by atoms with Gasteiger partial charge in [-0.2, -0.15) is 0 Å². The van der Waals surface area contributed by atoms with Crippen LogP contribution in [0.5, 0.6) is 0 Å². The van der Waals surface area contributed by atoms with E-state index < -0.39 is 6.04 Å². The largest absolute Gasteiger partial charge is 0.347 e. The van der Waals surface area contributed by atoms with Gasteiger partial charge in [0.25, 0.3) is 5.91 Å². The molecule has 3 rings (SSSR count). The van der Waals surface area contributed by atoms with Crippen LogP contribution in [-0.4, -0.2) is 39.0 Å². The van der Waals surface area contributed by atoms with E-state index in [9.17, 15) is 9.59 Å². The number of aryl methyl sites for hydroxylation is 3. The standard InChI is InChI=1S/C18H21N3O2S/c1-12-6-7-14(13(2)9-12)19-17(22)16-10-24-11-21(16)18(23)15-5-4-8-20(15)3/h4-9,16H,10-11H2,1-3H3,(H,19,22)/t16-/m0/s1. The molecule has 2 heterocycles. The smallest absolute Gasteiger partial charge is 0.271 e. The summed E-state index contributed by atoms with van der Waals surface area (Å²) < 4.78 is 1.78. The minimum absolute atomic E-state index is 0.103. The van der Waals surface area contributed by atoms with Crippen molar-refractivity contribution < 1.29 is 9.59 Å². The molecule has 1 N–H and O–H groups in total. The molecule has 0 bridgehead atoms. The van der Waals surface area contributed by atoms with Crippen molar-refractivity contribution in [1.82, 2.24) is 9.47 Å². The highest BCUT2D eigenvalue weighted by Gasteiger charge is 2.35. The van der Waals surface area contributed by atoms with Gasteiger partial charge in [0, 0.05) is 24.7 Å². The van der Waals surface area contributed by atoms with Crippen LogP contribution in [0.4, 0.5) is 5.69 Å². The minimum atomic E-state index is -0.446. The third-order valence-electron chi connectivity index (χ3n) is 4.25. The quantitative estimate of drug-likeness (QED) is 0.932. The second-order valence-electron chi connectivity index (χ2n) is 6.10. The number of carbonyl (C=O) groups excluding carboxylic acids is 2. The zero-order valence-electron chi connectivity index (χ0n) is 14.1. The fourth-order valence-corrected chi connectivity index (χ4v) is 4.01. The Balaban J connectivity index is 1.76. The third-order valence-corrected chi connectivity index (χ3v) is 5.26. The highest BCUT2D eigenvalue weighted by atomic mass is 32.2. The number of hydrogen-bond donors (Lipinski definition) is 1. The molecule has 0 unspecified atom stereocenters. The molecule has 1 saturated heterocycles. The van der Waals surface area contributed by atoms with Crippen LogP contribution in [-0.2, 0) is 11.8 Å². The highest BCUT2D eigenvalue weighted by Crippen LogP contribution is 2.25. The summed E-state index contributed by atoms with van der Waals surface area (Å²) in [6.07, 6.45) is 1.83. The van der Waals surface area contributed by atoms with Gasteiger partial charge in [-0.15, -0.1) is 11.8 Å². The Morgan fingerprint density at radius 1 is 1.25 bits per heavy atom. The van der Waals surface area contributed by atoms with Crippen LogP contribution >= 0.6 is 11.8 Å². The molecule has 0 aliphatic carbocycles. The summed E-state index contributed by atoms with van der Waals surface area (Å²) in [5.74, 6) is 0.921. The van der Waals surface area contributed by atoms with Crippen LogP contribution in [0.1, 0.15) is 21.6 Å². The Bertz CT molecular complexity index is 784. The van der Waals surface area contributed by atoms with Gasteiger partial charge in [0.2, 0.25) is 5.91 Å². The van der Waals surface area contributed by atoms with E-state index in [1.165, 1.54) is 0 Å². The molecular formula is C18H21N3O2S. The Labute approximate surface area is 146 Å². The molecule has 2 aromatic rings. The number of carbonyl (C=O) groups is 2. The minimum Gasteiger partial charge on any atom is -0.347 e. The first-order valence-corrected chi connectivity index (χ1v) is 9.01. The van der Waals surface area contributed by atoms with Crippen LogP contribution in [0.15, 0.2) is 36.5 Å². The van der Waals surface area contributed by atoms with E-state index in [1.54, 1.807) is 27.3 Å². The average molecular weight is 343 g/mol. The number of hydrogen-bond acceptors (Lipinski definition) is 3. The molecular weight excluding hydrogens is 322 g/mol. The number of nitrogens with one attached hydrogen (secondary N) is 1. The third kappa shape index (κ3) is 3.19. The van der Waals surface area contributed by atoms with Gasteiger partial charge in [-0.05, 0) is 37.6 Å². The first-order chi connectivity index (χ1) is 11.5. The number of rotatable bonds is 3. The molecule has 1 aliphatic heterocycles. The number of thioether (sulfide) groups is 1. The zero-order valence-corrected chi connectivity index (χ0v) is 14.9. The van der Waals surface area contributed by atoms with Gasteiger partial charge >= 0.3 is 0 Å². The lowest BCUT2D eigenvalue weighted by molar-refractivity contribution is -0.119. The molecule has 1 aromatic heterocycles. The molecule has 1 atom stereocenters. The second-order valence-corrected chi connectivity index (χ2v) is 7.10. The maximum atomic E-state index is 12.7. The number of anilines is 1. The zero-order chi connectivity index (χ0) is 17.3. The van der Waals surface area contributed by atoms with Crippen LogP contribution in [0.3, 0.4) is 0 Å². The van der Waals surface area contributed by atoms with Crippen molar-refractivity contribution in [1.29, 1.82) is 0 Å². The first-order valence-electron chi connectivity index (χ1n) is 7.85. The lowest BCUT2D eigenvalue weighted by Gasteiger charge is -2.23. The van der Waals surface area contributed by atoms with Crippen LogP contribution in [0.2, 0.25) is 0 Å². The van der Waals surface area contributed by atoms with Crippen molar-refractivity contribution >= 4 is 29.3 Å². The molecule has 0 saturated carbocycles. The maximum Gasteiger partial charge on any atom is 0.271 e. The fourth-order valence-electron chi connectivity index (χ4n) is 2.86. The number of benzene rings is 1. The predicted molar refractivity (Wildman–Crippen MR) is 97.2 cm³/mol. The summed E-state index contributed by atoms with van der Waals surface area (Å²) in [4.78, 5) is 27.1. The molecule has 0 radical (unpaired) electrons. The summed E-state index contributed by atoms with van der Waals surface area (Å²) in [6.45, 7) is 3.99. The molecule has 24 heavy (non-hydrogen) atoms. The first kappa shape index (κ1) is 16.6. The molecule has 1 aliphatic rings. The Morgan fingerprint density at radius 2 is 2.04 bits per heavy atom. The lowest BCUT2D eigenvalue weighted by atomic mass is 10.1. The van der Waals surface area contributed by atoms with Crippen molar-refractivity contribution in [2.45, 2.75) is 19.9 Å².